The fourth-order valence-corrected chi connectivity index (χ4v) is 4.33. The van der Waals surface area contributed by atoms with Crippen molar-refractivity contribution in [3.8, 4) is 0 Å². The summed E-state index contributed by atoms with van der Waals surface area (Å²) in [6.45, 7) is 11.2. The number of aryl methyl sites for hydroxylation is 1. The van der Waals surface area contributed by atoms with E-state index in [0.29, 0.717) is 56.5 Å². The average Bonchev–Trinajstić information content (AvgIpc) is 2.83. The van der Waals surface area contributed by atoms with E-state index < -0.39 is 0 Å². The van der Waals surface area contributed by atoms with E-state index in [1.807, 2.05) is 30.0 Å². The fourth-order valence-electron chi connectivity index (χ4n) is 4.33. The maximum Gasteiger partial charge on any atom is 0.255 e. The number of carbonyl (C=O) groups excluding carboxylic acids is 1. The molecular formula is C25H37N5O3. The van der Waals surface area contributed by atoms with Gasteiger partial charge in [0.25, 0.3) is 5.56 Å². The molecule has 2 N–H and O–H groups in total. The molecule has 180 valence electrons. The average molecular weight is 456 g/mol. The lowest BCUT2D eigenvalue weighted by Crippen LogP contribution is -2.45. The first kappa shape index (κ1) is 24.9. The van der Waals surface area contributed by atoms with Gasteiger partial charge in [0.15, 0.2) is 0 Å². The smallest absolute Gasteiger partial charge is 0.255 e. The molecule has 1 aromatic heterocycles. The molecular weight excluding hydrogens is 418 g/mol. The summed E-state index contributed by atoms with van der Waals surface area (Å²) in [7, 11) is 0. The van der Waals surface area contributed by atoms with E-state index in [-0.39, 0.29) is 23.9 Å². The third-order valence-electron chi connectivity index (χ3n) is 6.30. The predicted molar refractivity (Wildman–Crippen MR) is 131 cm³/mol. The highest BCUT2D eigenvalue weighted by molar-refractivity contribution is 5.76. The molecule has 8 heteroatoms. The Bertz CT molecular complexity index is 937. The van der Waals surface area contributed by atoms with E-state index in [9.17, 15) is 9.59 Å². The van der Waals surface area contributed by atoms with Crippen LogP contribution in [-0.2, 0) is 22.4 Å². The summed E-state index contributed by atoms with van der Waals surface area (Å²) in [6, 6.07) is 10.6. The Morgan fingerprint density at radius 3 is 2.55 bits per heavy atom. The van der Waals surface area contributed by atoms with Crippen LogP contribution in [0.2, 0.25) is 0 Å². The zero-order valence-electron chi connectivity index (χ0n) is 20.1. The van der Waals surface area contributed by atoms with Crippen molar-refractivity contribution in [2.75, 3.05) is 50.8 Å². The molecule has 0 spiro atoms. The van der Waals surface area contributed by atoms with Gasteiger partial charge < -0.3 is 15.0 Å². The normalized spacial score (nSPS) is 15.0. The van der Waals surface area contributed by atoms with Gasteiger partial charge >= 0.3 is 0 Å². The second-order valence-electron chi connectivity index (χ2n) is 8.42. The number of morpholine rings is 1. The molecule has 1 atom stereocenters. The molecule has 1 aliphatic heterocycles. The Balaban J connectivity index is 1.56. The standard InChI is InChI=1S/C25H37N5O3/c1-4-29(5-2)21(17-20-9-7-6-8-10-20)18-26-23(31)12-11-22-19(3)27-25(28-24(22)32)30-13-15-33-16-14-30/h6-10,21H,4-5,11-18H2,1-3H3,(H,26,31)(H,27,28,32). The summed E-state index contributed by atoms with van der Waals surface area (Å²) in [5.74, 6) is 0.535. The SMILES string of the molecule is CCN(CC)C(CNC(=O)CCc1c(C)nc(N2CCOCC2)[nH]c1=O)Cc1ccccc1. The molecule has 1 unspecified atom stereocenters. The number of anilines is 1. The van der Waals surface area contributed by atoms with E-state index in [1.165, 1.54) is 5.56 Å². The van der Waals surface area contributed by atoms with Gasteiger partial charge in [-0.15, -0.1) is 0 Å². The lowest BCUT2D eigenvalue weighted by Gasteiger charge is -2.30. The minimum atomic E-state index is -0.165. The third kappa shape index (κ3) is 7.14. The molecule has 0 saturated carbocycles. The number of likely N-dealkylation sites (N-methyl/N-ethyl adjacent to an activating group) is 1. The van der Waals surface area contributed by atoms with Crippen LogP contribution >= 0.6 is 0 Å². The van der Waals surface area contributed by atoms with Crippen molar-refractivity contribution in [3.63, 3.8) is 0 Å². The van der Waals surface area contributed by atoms with Crippen LogP contribution in [0.25, 0.3) is 0 Å². The number of hydrogen-bond acceptors (Lipinski definition) is 6. The molecule has 1 aliphatic rings. The second-order valence-corrected chi connectivity index (χ2v) is 8.42. The summed E-state index contributed by atoms with van der Waals surface area (Å²) in [5, 5.41) is 3.09. The minimum Gasteiger partial charge on any atom is -0.378 e. The largest absolute Gasteiger partial charge is 0.378 e. The van der Waals surface area contributed by atoms with E-state index in [0.717, 1.165) is 19.5 Å². The van der Waals surface area contributed by atoms with Crippen LogP contribution in [0, 0.1) is 6.92 Å². The van der Waals surface area contributed by atoms with Crippen LogP contribution in [0.3, 0.4) is 0 Å². The Kier molecular flexibility index (Phi) is 9.45. The summed E-state index contributed by atoms with van der Waals surface area (Å²) < 4.78 is 5.36. The predicted octanol–water partition coefficient (Wildman–Crippen LogP) is 1.92. The number of amides is 1. The fraction of sp³-hybridized carbons (Fsp3) is 0.560. The lowest BCUT2D eigenvalue weighted by molar-refractivity contribution is -0.121. The van der Waals surface area contributed by atoms with Gasteiger partial charge in [-0.1, -0.05) is 44.2 Å². The second kappa shape index (κ2) is 12.5. The number of carbonyl (C=O) groups is 1. The Labute approximate surface area is 196 Å². The molecule has 0 aliphatic carbocycles. The zero-order valence-corrected chi connectivity index (χ0v) is 20.1. The van der Waals surface area contributed by atoms with Crippen LogP contribution in [0.5, 0.6) is 0 Å². The highest BCUT2D eigenvalue weighted by atomic mass is 16.5. The lowest BCUT2D eigenvalue weighted by atomic mass is 10.0. The van der Waals surface area contributed by atoms with Gasteiger partial charge in [0.1, 0.15) is 0 Å². The number of nitrogens with one attached hydrogen (secondary N) is 2. The highest BCUT2D eigenvalue weighted by Crippen LogP contribution is 2.12. The molecule has 8 nitrogen and oxygen atoms in total. The summed E-state index contributed by atoms with van der Waals surface area (Å²) in [4.78, 5) is 37.1. The van der Waals surface area contributed by atoms with Crippen molar-refractivity contribution in [3.05, 3.63) is 57.5 Å². The van der Waals surface area contributed by atoms with Crippen LogP contribution in [0.15, 0.2) is 35.1 Å². The summed E-state index contributed by atoms with van der Waals surface area (Å²) >= 11 is 0. The molecule has 0 bridgehead atoms. The number of ether oxygens (including phenoxy) is 1. The Hall–Kier alpha value is -2.71. The van der Waals surface area contributed by atoms with Gasteiger partial charge in [0.05, 0.1) is 13.2 Å². The third-order valence-corrected chi connectivity index (χ3v) is 6.30. The minimum absolute atomic E-state index is 0.0451. The van der Waals surface area contributed by atoms with Crippen molar-refractivity contribution in [1.82, 2.24) is 20.2 Å². The van der Waals surface area contributed by atoms with Crippen molar-refractivity contribution in [2.45, 2.75) is 46.1 Å². The van der Waals surface area contributed by atoms with Crippen LogP contribution in [-0.4, -0.2) is 72.8 Å². The van der Waals surface area contributed by atoms with E-state index in [1.54, 1.807) is 0 Å². The molecule has 1 amide bonds. The highest BCUT2D eigenvalue weighted by Gasteiger charge is 2.19. The van der Waals surface area contributed by atoms with Gasteiger partial charge in [-0.05, 0) is 38.4 Å². The van der Waals surface area contributed by atoms with Crippen molar-refractivity contribution < 1.29 is 9.53 Å². The molecule has 1 aromatic carbocycles. The zero-order chi connectivity index (χ0) is 23.6. The van der Waals surface area contributed by atoms with E-state index in [4.69, 9.17) is 4.74 Å². The van der Waals surface area contributed by atoms with Gasteiger partial charge in [0.2, 0.25) is 11.9 Å². The Morgan fingerprint density at radius 2 is 1.91 bits per heavy atom. The molecule has 3 rings (SSSR count). The first-order valence-corrected chi connectivity index (χ1v) is 12.0. The van der Waals surface area contributed by atoms with E-state index in [2.05, 4.69) is 46.2 Å². The quantitative estimate of drug-likeness (QED) is 0.538. The number of hydrogen-bond donors (Lipinski definition) is 2. The molecule has 33 heavy (non-hydrogen) atoms. The van der Waals surface area contributed by atoms with Gasteiger partial charge in [-0.2, -0.15) is 0 Å². The molecule has 1 fully saturated rings. The maximum absolute atomic E-state index is 12.7. The van der Waals surface area contributed by atoms with Gasteiger partial charge in [0, 0.05) is 43.4 Å². The maximum atomic E-state index is 12.7. The van der Waals surface area contributed by atoms with Gasteiger partial charge in [-0.25, -0.2) is 4.98 Å². The molecule has 0 radical (unpaired) electrons. The molecule has 2 heterocycles. The summed E-state index contributed by atoms with van der Waals surface area (Å²) in [5.41, 5.74) is 2.35. The van der Waals surface area contributed by atoms with Gasteiger partial charge in [-0.3, -0.25) is 19.5 Å². The van der Waals surface area contributed by atoms with Crippen LogP contribution < -0.4 is 15.8 Å². The van der Waals surface area contributed by atoms with Crippen molar-refractivity contribution in [2.24, 2.45) is 0 Å². The topological polar surface area (TPSA) is 90.6 Å². The van der Waals surface area contributed by atoms with Crippen LogP contribution in [0.1, 0.15) is 37.1 Å². The van der Waals surface area contributed by atoms with E-state index >= 15 is 0 Å². The number of rotatable bonds is 11. The van der Waals surface area contributed by atoms with Crippen molar-refractivity contribution >= 4 is 11.9 Å². The number of benzene rings is 1. The van der Waals surface area contributed by atoms with Crippen molar-refractivity contribution in [1.29, 1.82) is 0 Å². The number of aromatic amines is 1. The first-order chi connectivity index (χ1) is 16.0. The van der Waals surface area contributed by atoms with Crippen LogP contribution in [0.4, 0.5) is 5.95 Å². The first-order valence-electron chi connectivity index (χ1n) is 12.0. The molecule has 1 saturated heterocycles. The Morgan fingerprint density at radius 1 is 1.21 bits per heavy atom. The number of nitrogens with zero attached hydrogens (tertiary/aromatic N) is 3. The summed E-state index contributed by atoms with van der Waals surface area (Å²) in [6.07, 6.45) is 1.52. The molecule has 2 aromatic rings. The number of aromatic nitrogens is 2. The monoisotopic (exact) mass is 455 g/mol. The number of H-pyrrole nitrogens is 1.